The third kappa shape index (κ3) is 2.05. The Morgan fingerprint density at radius 2 is 1.61 bits per heavy atom. The van der Waals surface area contributed by atoms with Gasteiger partial charge in [-0.3, -0.25) is 0 Å². The van der Waals surface area contributed by atoms with E-state index in [1.54, 1.807) is 7.11 Å². The van der Waals surface area contributed by atoms with Gasteiger partial charge in [0, 0.05) is 7.11 Å². The minimum atomic E-state index is 0.533. The lowest BCUT2D eigenvalue weighted by atomic mass is 10.0. The van der Waals surface area contributed by atoms with Gasteiger partial charge in [-0.05, 0) is 45.3 Å². The van der Waals surface area contributed by atoms with Crippen LogP contribution in [0.25, 0.3) is 21.5 Å². The molecular weight excluding hydrogens is 236 g/mol. The molecule has 3 rings (SSSR count). The van der Waals surface area contributed by atoms with Crippen LogP contribution in [0, 0.1) is 0 Å². The Bertz CT molecular complexity index is 691. The first-order valence-electron chi connectivity index (χ1n) is 6.05. The molecule has 0 aliphatic carbocycles. The third-order valence-corrected chi connectivity index (χ3v) is 4.06. The number of hydrogen-bond acceptors (Lipinski definition) is 1. The largest absolute Gasteiger partial charge is 0.420 e. The van der Waals surface area contributed by atoms with E-state index in [9.17, 15) is 0 Å². The van der Waals surface area contributed by atoms with Crippen molar-refractivity contribution in [1.82, 2.24) is 0 Å². The van der Waals surface area contributed by atoms with Crippen molar-refractivity contribution < 1.29 is 4.43 Å². The molecule has 1 nitrogen and oxygen atoms in total. The van der Waals surface area contributed by atoms with Crippen LogP contribution in [-0.4, -0.2) is 16.9 Å². The predicted molar refractivity (Wildman–Crippen MR) is 77.9 cm³/mol. The fourth-order valence-corrected chi connectivity index (χ4v) is 2.94. The lowest BCUT2D eigenvalue weighted by Crippen LogP contribution is -1.99. The average Bonchev–Trinajstić information content (AvgIpc) is 2.43. The van der Waals surface area contributed by atoms with Crippen molar-refractivity contribution in [2.24, 2.45) is 0 Å². The van der Waals surface area contributed by atoms with Crippen LogP contribution in [0.5, 0.6) is 0 Å². The highest BCUT2D eigenvalue weighted by Gasteiger charge is 2.03. The minimum absolute atomic E-state index is 0.533. The van der Waals surface area contributed by atoms with Crippen molar-refractivity contribution in [2.75, 3.05) is 7.11 Å². The van der Waals surface area contributed by atoms with E-state index in [0.717, 1.165) is 6.04 Å². The van der Waals surface area contributed by atoms with Crippen LogP contribution in [0.3, 0.4) is 0 Å². The fourth-order valence-electron chi connectivity index (χ4n) is 2.34. The quantitative estimate of drug-likeness (QED) is 0.508. The Balaban J connectivity index is 2.22. The Hall–Kier alpha value is -1.64. The second-order valence-electron chi connectivity index (χ2n) is 4.36. The smallest absolute Gasteiger partial charge is 0.233 e. The van der Waals surface area contributed by atoms with Crippen molar-refractivity contribution in [1.29, 1.82) is 0 Å². The highest BCUT2D eigenvalue weighted by atomic mass is 28.2. The molecule has 0 saturated heterocycles. The molecule has 0 saturated carbocycles. The summed E-state index contributed by atoms with van der Waals surface area (Å²) < 4.78 is 5.21. The monoisotopic (exact) mass is 250 g/mol. The van der Waals surface area contributed by atoms with E-state index >= 15 is 0 Å². The molecule has 2 heteroatoms. The van der Waals surface area contributed by atoms with Crippen molar-refractivity contribution >= 4 is 31.3 Å². The second kappa shape index (κ2) is 4.92. The summed E-state index contributed by atoms with van der Waals surface area (Å²) in [5.41, 5.74) is 1.37. The molecule has 18 heavy (non-hydrogen) atoms. The van der Waals surface area contributed by atoms with E-state index in [4.69, 9.17) is 4.43 Å². The predicted octanol–water partition coefficient (Wildman–Crippen LogP) is 3.76. The van der Waals surface area contributed by atoms with Crippen molar-refractivity contribution in [3.8, 4) is 0 Å². The topological polar surface area (TPSA) is 9.23 Å². The summed E-state index contributed by atoms with van der Waals surface area (Å²) in [6, 6.07) is 20.6. The number of hydrogen-bond donors (Lipinski definition) is 0. The molecule has 0 atom stereocenters. The van der Waals surface area contributed by atoms with Gasteiger partial charge in [-0.15, -0.1) is 0 Å². The first-order valence-corrected chi connectivity index (χ1v) is 7.16. The first kappa shape index (κ1) is 11.4. The average molecular weight is 250 g/mol. The summed E-state index contributed by atoms with van der Waals surface area (Å²) in [4.78, 5) is 0. The summed E-state index contributed by atoms with van der Waals surface area (Å²) in [6.07, 6.45) is 0. The van der Waals surface area contributed by atoms with Gasteiger partial charge in [0.05, 0.1) is 0 Å². The van der Waals surface area contributed by atoms with Crippen LogP contribution in [0.2, 0.25) is 0 Å². The van der Waals surface area contributed by atoms with E-state index in [1.165, 1.54) is 27.1 Å². The van der Waals surface area contributed by atoms with Gasteiger partial charge in [-0.25, -0.2) is 0 Å². The van der Waals surface area contributed by atoms with Crippen LogP contribution in [0.4, 0.5) is 0 Å². The summed E-state index contributed by atoms with van der Waals surface area (Å²) in [7, 11) is 2.30. The SMILES string of the molecule is CO[Si]Cc1cccc2cc3ccccc3cc12. The maximum atomic E-state index is 5.21. The Kier molecular flexibility index (Phi) is 3.13. The molecule has 0 amide bonds. The molecule has 3 aromatic rings. The van der Waals surface area contributed by atoms with Crippen LogP contribution in [-0.2, 0) is 10.5 Å². The molecule has 2 radical (unpaired) electrons. The Morgan fingerprint density at radius 3 is 2.39 bits per heavy atom. The Labute approximate surface area is 109 Å². The number of fused-ring (bicyclic) bond motifs is 2. The lowest BCUT2D eigenvalue weighted by Gasteiger charge is -2.07. The molecule has 0 bridgehead atoms. The van der Waals surface area contributed by atoms with Gasteiger partial charge in [0.15, 0.2) is 0 Å². The normalized spacial score (nSPS) is 11.2. The third-order valence-electron chi connectivity index (χ3n) is 3.24. The van der Waals surface area contributed by atoms with Gasteiger partial charge < -0.3 is 4.43 Å². The fraction of sp³-hybridized carbons (Fsp3) is 0.125. The molecule has 0 spiro atoms. The van der Waals surface area contributed by atoms with Gasteiger partial charge >= 0.3 is 0 Å². The van der Waals surface area contributed by atoms with Gasteiger partial charge in [0.25, 0.3) is 0 Å². The van der Waals surface area contributed by atoms with E-state index in [0.29, 0.717) is 9.76 Å². The zero-order chi connectivity index (χ0) is 12.4. The van der Waals surface area contributed by atoms with E-state index in [1.807, 2.05) is 0 Å². The summed E-state index contributed by atoms with van der Waals surface area (Å²) in [5, 5.41) is 5.27. The van der Waals surface area contributed by atoms with Gasteiger partial charge in [-0.2, -0.15) is 0 Å². The maximum absolute atomic E-state index is 5.21. The van der Waals surface area contributed by atoms with Gasteiger partial charge in [0.2, 0.25) is 9.76 Å². The molecule has 3 aromatic carbocycles. The van der Waals surface area contributed by atoms with Crippen LogP contribution in [0.1, 0.15) is 5.56 Å². The number of rotatable bonds is 3. The standard InChI is InChI=1S/C16H14OSi/c1-17-18-11-15-8-4-7-14-9-12-5-2-3-6-13(12)10-16(14)15/h2-10H,11H2,1H3. The summed E-state index contributed by atoms with van der Waals surface area (Å²) in [6.45, 7) is 0. The molecule has 0 aliphatic heterocycles. The molecule has 0 fully saturated rings. The summed E-state index contributed by atoms with van der Waals surface area (Å²) in [5.74, 6) is 0. The highest BCUT2D eigenvalue weighted by Crippen LogP contribution is 2.25. The van der Waals surface area contributed by atoms with Gasteiger partial charge in [-0.1, -0.05) is 42.5 Å². The van der Waals surface area contributed by atoms with Crippen molar-refractivity contribution in [2.45, 2.75) is 6.04 Å². The van der Waals surface area contributed by atoms with E-state index in [-0.39, 0.29) is 0 Å². The van der Waals surface area contributed by atoms with Crippen LogP contribution >= 0.6 is 0 Å². The zero-order valence-electron chi connectivity index (χ0n) is 10.3. The second-order valence-corrected chi connectivity index (χ2v) is 5.41. The Morgan fingerprint density at radius 1 is 0.889 bits per heavy atom. The molecule has 88 valence electrons. The number of benzene rings is 3. The lowest BCUT2D eigenvalue weighted by molar-refractivity contribution is 0.441. The molecular formula is C16H14OSi. The van der Waals surface area contributed by atoms with Crippen LogP contribution in [0.15, 0.2) is 54.6 Å². The zero-order valence-corrected chi connectivity index (χ0v) is 11.3. The molecule has 0 unspecified atom stereocenters. The molecule has 0 aromatic heterocycles. The highest BCUT2D eigenvalue weighted by molar-refractivity contribution is 6.27. The van der Waals surface area contributed by atoms with Crippen molar-refractivity contribution in [3.05, 3.63) is 60.2 Å². The van der Waals surface area contributed by atoms with Crippen LogP contribution < -0.4 is 0 Å². The molecule has 0 N–H and O–H groups in total. The maximum Gasteiger partial charge on any atom is 0.233 e. The molecule has 0 aliphatic rings. The van der Waals surface area contributed by atoms with E-state index < -0.39 is 0 Å². The minimum Gasteiger partial charge on any atom is -0.420 e. The van der Waals surface area contributed by atoms with Gasteiger partial charge in [0.1, 0.15) is 0 Å². The van der Waals surface area contributed by atoms with Crippen molar-refractivity contribution in [3.63, 3.8) is 0 Å². The first-order chi connectivity index (χ1) is 8.88. The van der Waals surface area contributed by atoms with E-state index in [2.05, 4.69) is 54.6 Å². The summed E-state index contributed by atoms with van der Waals surface area (Å²) >= 11 is 0. The molecule has 0 heterocycles.